The topological polar surface area (TPSA) is 90.2 Å². The Morgan fingerprint density at radius 2 is 1.91 bits per heavy atom. The zero-order valence-electron chi connectivity index (χ0n) is 19.0. The van der Waals surface area contributed by atoms with Crippen LogP contribution in [0, 0.1) is 23.7 Å². The monoisotopic (exact) mass is 555 g/mol. The third-order valence-corrected chi connectivity index (χ3v) is 6.67. The molecule has 2 aliphatic carbocycles. The highest BCUT2D eigenvalue weighted by Gasteiger charge is 2.58. The summed E-state index contributed by atoms with van der Waals surface area (Å²) in [7, 11) is 4.01. The lowest BCUT2D eigenvalue weighted by Crippen LogP contribution is -2.40. The Hall–Kier alpha value is -1.88. The van der Waals surface area contributed by atoms with Gasteiger partial charge in [-0.15, -0.1) is 24.0 Å². The van der Waals surface area contributed by atoms with Crippen LogP contribution in [-0.2, 0) is 9.59 Å². The molecule has 1 aromatic rings. The summed E-state index contributed by atoms with van der Waals surface area (Å²) in [4.78, 5) is 33.8. The molecule has 1 aromatic heterocycles. The van der Waals surface area contributed by atoms with Crippen molar-refractivity contribution in [3.63, 3.8) is 0 Å². The Bertz CT molecular complexity index is 824. The van der Waals surface area contributed by atoms with Crippen molar-refractivity contribution in [1.82, 2.24) is 20.4 Å². The van der Waals surface area contributed by atoms with E-state index in [1.54, 1.807) is 6.26 Å². The number of amides is 2. The molecule has 5 unspecified atom stereocenters. The molecule has 2 N–H and O–H groups in total. The molecule has 2 bridgehead atoms. The number of rotatable bonds is 9. The Labute approximate surface area is 206 Å². The summed E-state index contributed by atoms with van der Waals surface area (Å²) in [6.07, 6.45) is 7.60. The molecule has 2 fully saturated rings. The van der Waals surface area contributed by atoms with Crippen molar-refractivity contribution in [1.29, 1.82) is 0 Å². The highest BCUT2D eigenvalue weighted by molar-refractivity contribution is 14.0. The van der Waals surface area contributed by atoms with E-state index >= 15 is 0 Å². The lowest BCUT2D eigenvalue weighted by Gasteiger charge is -2.21. The van der Waals surface area contributed by atoms with Crippen molar-refractivity contribution in [3.8, 4) is 0 Å². The molecule has 0 spiro atoms. The van der Waals surface area contributed by atoms with Gasteiger partial charge in [0.05, 0.1) is 30.7 Å². The fourth-order valence-electron chi connectivity index (χ4n) is 5.14. The molecule has 2 amide bonds. The van der Waals surface area contributed by atoms with Crippen molar-refractivity contribution >= 4 is 41.8 Å². The minimum absolute atomic E-state index is 0. The average molecular weight is 555 g/mol. The molecule has 0 radical (unpaired) electrons. The number of hydrogen-bond acceptors (Lipinski definition) is 5. The van der Waals surface area contributed by atoms with E-state index in [4.69, 9.17) is 9.41 Å². The Morgan fingerprint density at radius 1 is 1.22 bits per heavy atom. The number of guanidine groups is 1. The summed E-state index contributed by atoms with van der Waals surface area (Å²) >= 11 is 0. The first kappa shape index (κ1) is 24.8. The van der Waals surface area contributed by atoms with E-state index in [2.05, 4.69) is 27.7 Å². The van der Waals surface area contributed by atoms with E-state index < -0.39 is 0 Å². The first-order chi connectivity index (χ1) is 15.0. The Balaban J connectivity index is 0.00000289. The van der Waals surface area contributed by atoms with Gasteiger partial charge >= 0.3 is 0 Å². The second-order valence-electron chi connectivity index (χ2n) is 8.82. The van der Waals surface area contributed by atoms with Gasteiger partial charge in [-0.3, -0.25) is 24.4 Å². The van der Waals surface area contributed by atoms with Crippen molar-refractivity contribution in [2.75, 3.05) is 40.3 Å². The van der Waals surface area contributed by atoms with Crippen molar-refractivity contribution in [2.45, 2.75) is 25.8 Å². The number of furan rings is 1. The third-order valence-electron chi connectivity index (χ3n) is 6.67. The van der Waals surface area contributed by atoms with Crippen LogP contribution in [0.15, 0.2) is 40.0 Å². The van der Waals surface area contributed by atoms with E-state index in [9.17, 15) is 9.59 Å². The summed E-state index contributed by atoms with van der Waals surface area (Å²) in [6, 6.07) is 3.89. The van der Waals surface area contributed by atoms with Crippen LogP contribution in [-0.4, -0.2) is 67.8 Å². The highest BCUT2D eigenvalue weighted by Crippen LogP contribution is 2.52. The first-order valence-electron chi connectivity index (χ1n) is 11.3. The van der Waals surface area contributed by atoms with E-state index in [1.807, 2.05) is 33.2 Å². The van der Waals surface area contributed by atoms with Crippen LogP contribution in [0.25, 0.3) is 0 Å². The number of allylic oxidation sites excluding steroid dienone is 2. The molecule has 0 aromatic carbocycles. The zero-order valence-corrected chi connectivity index (χ0v) is 21.3. The van der Waals surface area contributed by atoms with Gasteiger partial charge in [0, 0.05) is 19.6 Å². The summed E-state index contributed by atoms with van der Waals surface area (Å²) < 4.78 is 5.55. The Morgan fingerprint density at radius 3 is 2.47 bits per heavy atom. The second kappa shape index (κ2) is 10.8. The number of carbonyl (C=O) groups is 2. The van der Waals surface area contributed by atoms with Crippen molar-refractivity contribution in [2.24, 2.45) is 28.7 Å². The summed E-state index contributed by atoms with van der Waals surface area (Å²) in [5, 5.41) is 6.58. The van der Waals surface area contributed by atoms with Crippen LogP contribution in [0.5, 0.6) is 0 Å². The number of fused-ring (bicyclic) bond motifs is 5. The molecular formula is C23H34IN5O3. The standard InChI is InChI=1S/C23H33N5O3.HI/c1-4-24-23(26-14-17(27(2)3)18-7-5-12-31-18)25-10-6-11-28-21(29)19-15-8-9-16(13-15)20(19)22(28)30;/h5,7-9,12,15-17,19-20H,4,6,10-11,13-14H2,1-3H3,(H2,24,25,26);1H. The highest BCUT2D eigenvalue weighted by atomic mass is 127. The van der Waals surface area contributed by atoms with Crippen LogP contribution in [0.1, 0.15) is 31.6 Å². The van der Waals surface area contributed by atoms with Crippen LogP contribution < -0.4 is 10.6 Å². The smallest absolute Gasteiger partial charge is 0.233 e. The van der Waals surface area contributed by atoms with E-state index in [-0.39, 0.29) is 65.5 Å². The zero-order chi connectivity index (χ0) is 22.0. The molecule has 5 atom stereocenters. The number of nitrogens with zero attached hydrogens (tertiary/aromatic N) is 3. The molecule has 1 saturated heterocycles. The number of carbonyl (C=O) groups excluding carboxylic acids is 2. The predicted molar refractivity (Wildman–Crippen MR) is 134 cm³/mol. The minimum Gasteiger partial charge on any atom is -0.468 e. The number of nitrogens with one attached hydrogen (secondary N) is 2. The first-order valence-corrected chi connectivity index (χ1v) is 11.3. The van der Waals surface area contributed by atoms with Gasteiger partial charge in [0.1, 0.15) is 5.76 Å². The van der Waals surface area contributed by atoms with E-state index in [0.717, 1.165) is 24.7 Å². The number of aliphatic imine (C=N–C) groups is 1. The third kappa shape index (κ3) is 4.88. The number of hydrogen-bond donors (Lipinski definition) is 2. The van der Waals surface area contributed by atoms with Gasteiger partial charge in [0.25, 0.3) is 0 Å². The molecule has 176 valence electrons. The molecule has 3 aliphatic rings. The second-order valence-corrected chi connectivity index (χ2v) is 8.82. The summed E-state index contributed by atoms with van der Waals surface area (Å²) in [5.74, 6) is 1.96. The van der Waals surface area contributed by atoms with Gasteiger partial charge < -0.3 is 15.1 Å². The quantitative estimate of drug-likeness (QED) is 0.121. The molecule has 9 heteroatoms. The summed E-state index contributed by atoms with van der Waals surface area (Å²) in [6.45, 7) is 4.43. The minimum atomic E-state index is -0.112. The molecular weight excluding hydrogens is 521 g/mol. The van der Waals surface area contributed by atoms with Crippen LogP contribution >= 0.6 is 24.0 Å². The average Bonchev–Trinajstić information content (AvgIpc) is 3.52. The van der Waals surface area contributed by atoms with Gasteiger partial charge in [0.2, 0.25) is 11.8 Å². The van der Waals surface area contributed by atoms with Gasteiger partial charge in [-0.2, -0.15) is 0 Å². The number of likely N-dealkylation sites (N-methyl/N-ethyl adjacent to an activating group) is 1. The van der Waals surface area contributed by atoms with Gasteiger partial charge in [-0.1, -0.05) is 12.2 Å². The Kier molecular flexibility index (Phi) is 8.37. The van der Waals surface area contributed by atoms with Gasteiger partial charge in [0.15, 0.2) is 5.96 Å². The molecule has 4 rings (SSSR count). The molecule has 32 heavy (non-hydrogen) atoms. The number of imide groups is 1. The number of likely N-dealkylation sites (tertiary alicyclic amines) is 1. The maximum Gasteiger partial charge on any atom is 0.233 e. The van der Waals surface area contributed by atoms with Crippen LogP contribution in [0.3, 0.4) is 0 Å². The molecule has 1 saturated carbocycles. The van der Waals surface area contributed by atoms with Crippen LogP contribution in [0.2, 0.25) is 0 Å². The summed E-state index contributed by atoms with van der Waals surface area (Å²) in [5.41, 5.74) is 0. The lowest BCUT2D eigenvalue weighted by atomic mass is 9.85. The number of halogens is 1. The maximum absolute atomic E-state index is 12.8. The molecule has 1 aliphatic heterocycles. The van der Waals surface area contributed by atoms with E-state index in [0.29, 0.717) is 26.1 Å². The van der Waals surface area contributed by atoms with Crippen molar-refractivity contribution < 1.29 is 14.0 Å². The predicted octanol–water partition coefficient (Wildman–Crippen LogP) is 2.25. The normalized spacial score (nSPS) is 27.1. The fraction of sp³-hybridized carbons (Fsp3) is 0.609. The van der Waals surface area contributed by atoms with E-state index in [1.165, 1.54) is 4.90 Å². The van der Waals surface area contributed by atoms with Gasteiger partial charge in [-0.05, 0) is 57.8 Å². The maximum atomic E-state index is 12.8. The molecule has 8 nitrogen and oxygen atoms in total. The fourth-order valence-corrected chi connectivity index (χ4v) is 5.14. The molecule has 2 heterocycles. The van der Waals surface area contributed by atoms with Crippen molar-refractivity contribution in [3.05, 3.63) is 36.3 Å². The SMILES string of the molecule is CCNC(=NCC(c1ccco1)N(C)C)NCCCN1C(=O)C2C3C=CC(C3)C2C1=O.I. The van der Waals surface area contributed by atoms with Gasteiger partial charge in [-0.25, -0.2) is 0 Å². The lowest BCUT2D eigenvalue weighted by molar-refractivity contribution is -0.140. The largest absolute Gasteiger partial charge is 0.468 e. The van der Waals surface area contributed by atoms with Crippen LogP contribution in [0.4, 0.5) is 0 Å².